The molecular weight excluding hydrogens is 278 g/mol. The molecule has 4 saturated carbocycles. The fourth-order valence-corrected chi connectivity index (χ4v) is 6.56. The Kier molecular flexibility index (Phi) is 3.18. The maximum Gasteiger partial charge on any atom is 0.261 e. The van der Waals surface area contributed by atoms with Crippen LogP contribution in [0.3, 0.4) is 0 Å². The van der Waals surface area contributed by atoms with Gasteiger partial charge in [0.15, 0.2) is 0 Å². The zero-order valence-electron chi connectivity index (χ0n) is 13.1. The third kappa shape index (κ3) is 2.34. The summed E-state index contributed by atoms with van der Waals surface area (Å²) in [4.78, 5) is 14.9. The molecule has 1 heterocycles. The third-order valence-corrected chi connectivity index (χ3v) is 7.13. The average molecular weight is 303 g/mol. The van der Waals surface area contributed by atoms with Gasteiger partial charge in [0.25, 0.3) is 5.91 Å². The molecule has 2 nitrogen and oxygen atoms in total. The Morgan fingerprint density at radius 1 is 1.24 bits per heavy atom. The van der Waals surface area contributed by atoms with Crippen molar-refractivity contribution in [2.75, 3.05) is 0 Å². The molecule has 0 aromatic carbocycles. The fourth-order valence-electron chi connectivity index (χ4n) is 5.55. The summed E-state index contributed by atoms with van der Waals surface area (Å²) in [5.41, 5.74) is 1.46. The van der Waals surface area contributed by atoms with Gasteiger partial charge in [-0.25, -0.2) is 0 Å². The first-order valence-electron chi connectivity index (χ1n) is 8.49. The minimum absolute atomic E-state index is 0.135. The van der Waals surface area contributed by atoms with Crippen LogP contribution in [-0.4, -0.2) is 11.4 Å². The number of hydrogen-bond donors (Lipinski definition) is 1. The molecule has 0 spiro atoms. The molecule has 1 amide bonds. The van der Waals surface area contributed by atoms with Gasteiger partial charge in [0.05, 0.1) is 4.88 Å². The number of hydrogen-bond acceptors (Lipinski definition) is 2. The van der Waals surface area contributed by atoms with Gasteiger partial charge in [-0.05, 0) is 81.3 Å². The van der Waals surface area contributed by atoms with Gasteiger partial charge >= 0.3 is 0 Å². The van der Waals surface area contributed by atoms with E-state index < -0.39 is 0 Å². The molecule has 114 valence electrons. The van der Waals surface area contributed by atoms with Gasteiger partial charge in [0, 0.05) is 10.4 Å². The van der Waals surface area contributed by atoms with Crippen LogP contribution in [-0.2, 0) is 6.42 Å². The lowest BCUT2D eigenvalue weighted by Crippen LogP contribution is -2.59. The summed E-state index contributed by atoms with van der Waals surface area (Å²) in [7, 11) is 0. The summed E-state index contributed by atoms with van der Waals surface area (Å²) in [5, 5.41) is 3.48. The first kappa shape index (κ1) is 13.8. The molecule has 4 aliphatic rings. The molecule has 4 bridgehead atoms. The van der Waals surface area contributed by atoms with Crippen molar-refractivity contribution in [3.63, 3.8) is 0 Å². The third-order valence-electron chi connectivity index (χ3n) is 6.04. The van der Waals surface area contributed by atoms with E-state index in [9.17, 15) is 4.79 Å². The van der Waals surface area contributed by atoms with Gasteiger partial charge in [-0.15, -0.1) is 11.3 Å². The first-order chi connectivity index (χ1) is 10.1. The summed E-state index contributed by atoms with van der Waals surface area (Å²) < 4.78 is 0. The number of carbonyl (C=O) groups excluding carboxylic acids is 1. The van der Waals surface area contributed by atoms with E-state index in [0.717, 1.165) is 29.1 Å². The molecule has 21 heavy (non-hydrogen) atoms. The van der Waals surface area contributed by atoms with Gasteiger partial charge in [-0.2, -0.15) is 0 Å². The summed E-state index contributed by atoms with van der Waals surface area (Å²) in [6, 6.07) is 2.11. The van der Waals surface area contributed by atoms with Crippen LogP contribution in [0, 0.1) is 24.7 Å². The molecule has 0 saturated heterocycles. The molecule has 1 N–H and O–H groups in total. The molecule has 5 rings (SSSR count). The highest BCUT2D eigenvalue weighted by Crippen LogP contribution is 2.55. The number of nitrogens with one attached hydrogen (secondary N) is 1. The highest BCUT2D eigenvalue weighted by molar-refractivity contribution is 7.14. The summed E-state index contributed by atoms with van der Waals surface area (Å²) in [6.45, 7) is 4.29. The average Bonchev–Trinajstić information content (AvgIpc) is 2.78. The summed E-state index contributed by atoms with van der Waals surface area (Å²) in [6.07, 6.45) is 8.99. The Hall–Kier alpha value is -0.830. The van der Waals surface area contributed by atoms with Crippen LogP contribution in [0.4, 0.5) is 0 Å². The standard InChI is InChI=1S/C18H25NOS/c1-3-15-7-16(21-11(15)2)17(20)19-18-8-12-4-13(9-18)6-14(5-12)10-18/h7,12-14H,3-6,8-10H2,1-2H3,(H,19,20). The monoisotopic (exact) mass is 303 g/mol. The lowest BCUT2D eigenvalue weighted by Gasteiger charge is -2.56. The molecule has 0 atom stereocenters. The van der Waals surface area contributed by atoms with Crippen LogP contribution in [0.1, 0.15) is 65.6 Å². The second-order valence-electron chi connectivity index (χ2n) is 7.70. The topological polar surface area (TPSA) is 29.1 Å². The van der Waals surface area contributed by atoms with Gasteiger partial charge < -0.3 is 5.32 Å². The van der Waals surface area contributed by atoms with Crippen molar-refractivity contribution in [3.8, 4) is 0 Å². The Labute approximate surface area is 131 Å². The van der Waals surface area contributed by atoms with Gasteiger partial charge in [-0.3, -0.25) is 4.79 Å². The smallest absolute Gasteiger partial charge is 0.261 e. The fraction of sp³-hybridized carbons (Fsp3) is 0.722. The highest BCUT2D eigenvalue weighted by atomic mass is 32.1. The molecule has 4 fully saturated rings. The van der Waals surface area contributed by atoms with Crippen molar-refractivity contribution < 1.29 is 4.79 Å². The van der Waals surface area contributed by atoms with Crippen LogP contribution in [0.25, 0.3) is 0 Å². The van der Waals surface area contributed by atoms with E-state index in [-0.39, 0.29) is 11.4 Å². The predicted octanol–water partition coefficient (Wildman–Crippen LogP) is 4.32. The quantitative estimate of drug-likeness (QED) is 0.885. The lowest BCUT2D eigenvalue weighted by molar-refractivity contribution is -0.0166. The second kappa shape index (κ2) is 4.84. The number of aryl methyl sites for hydroxylation is 2. The maximum absolute atomic E-state index is 12.7. The lowest BCUT2D eigenvalue weighted by atomic mass is 9.53. The van der Waals surface area contributed by atoms with E-state index in [1.165, 1.54) is 49.0 Å². The summed E-state index contributed by atoms with van der Waals surface area (Å²) >= 11 is 1.66. The Bertz CT molecular complexity index is 538. The number of amides is 1. The van der Waals surface area contributed by atoms with Crippen LogP contribution in [0.5, 0.6) is 0 Å². The molecule has 0 unspecified atom stereocenters. The van der Waals surface area contributed by atoms with E-state index in [2.05, 4.69) is 25.2 Å². The first-order valence-corrected chi connectivity index (χ1v) is 9.30. The van der Waals surface area contributed by atoms with Crippen molar-refractivity contribution >= 4 is 17.2 Å². The molecule has 0 aliphatic heterocycles. The van der Waals surface area contributed by atoms with Crippen LogP contribution in [0.2, 0.25) is 0 Å². The van der Waals surface area contributed by atoms with Gasteiger partial charge in [0.2, 0.25) is 0 Å². The Morgan fingerprint density at radius 3 is 2.29 bits per heavy atom. The van der Waals surface area contributed by atoms with E-state index >= 15 is 0 Å². The Balaban J connectivity index is 1.53. The van der Waals surface area contributed by atoms with Crippen LogP contribution < -0.4 is 5.32 Å². The molecule has 0 radical (unpaired) electrons. The van der Waals surface area contributed by atoms with E-state index in [0.29, 0.717) is 0 Å². The zero-order chi connectivity index (χ0) is 14.6. The van der Waals surface area contributed by atoms with E-state index in [1.54, 1.807) is 11.3 Å². The maximum atomic E-state index is 12.7. The normalized spacial score (nSPS) is 37.0. The molecule has 1 aromatic heterocycles. The van der Waals surface area contributed by atoms with Crippen LogP contribution in [0.15, 0.2) is 6.07 Å². The van der Waals surface area contributed by atoms with Gasteiger partial charge in [-0.1, -0.05) is 6.92 Å². The molecule has 1 aromatic rings. The van der Waals surface area contributed by atoms with Crippen molar-refractivity contribution in [3.05, 3.63) is 21.4 Å². The van der Waals surface area contributed by atoms with Crippen LogP contribution >= 0.6 is 11.3 Å². The highest BCUT2D eigenvalue weighted by Gasteiger charge is 2.51. The molecule has 3 heteroatoms. The van der Waals surface area contributed by atoms with Crippen molar-refractivity contribution in [1.82, 2.24) is 5.32 Å². The number of thiophene rings is 1. The SMILES string of the molecule is CCc1cc(C(=O)NC23CC4CC(CC(C4)C2)C3)sc1C. The molecule has 4 aliphatic carbocycles. The zero-order valence-corrected chi connectivity index (χ0v) is 13.9. The minimum Gasteiger partial charge on any atom is -0.346 e. The van der Waals surface area contributed by atoms with E-state index in [4.69, 9.17) is 0 Å². The Morgan fingerprint density at radius 2 is 1.81 bits per heavy atom. The van der Waals surface area contributed by atoms with E-state index in [1.807, 2.05) is 0 Å². The number of rotatable bonds is 3. The van der Waals surface area contributed by atoms with Gasteiger partial charge in [0.1, 0.15) is 0 Å². The minimum atomic E-state index is 0.135. The van der Waals surface area contributed by atoms with Crippen molar-refractivity contribution in [2.45, 2.75) is 64.3 Å². The molecular formula is C18H25NOS. The van der Waals surface area contributed by atoms with Crippen molar-refractivity contribution in [2.24, 2.45) is 17.8 Å². The number of carbonyl (C=O) groups is 1. The summed E-state index contributed by atoms with van der Waals surface area (Å²) in [5.74, 6) is 2.83. The second-order valence-corrected chi connectivity index (χ2v) is 8.95. The predicted molar refractivity (Wildman–Crippen MR) is 86.8 cm³/mol. The van der Waals surface area contributed by atoms with Crippen molar-refractivity contribution in [1.29, 1.82) is 0 Å². The largest absolute Gasteiger partial charge is 0.346 e.